The molecule has 1 fully saturated rings. The van der Waals surface area contributed by atoms with Crippen molar-refractivity contribution < 1.29 is 23.4 Å². The highest BCUT2D eigenvalue weighted by atomic mass is 19.1. The summed E-state index contributed by atoms with van der Waals surface area (Å²) in [5.74, 6) is 0.325. The Balaban J connectivity index is 1.26. The highest BCUT2D eigenvalue weighted by molar-refractivity contribution is 6.04. The number of nitrogens with one attached hydrogen (secondary N) is 1. The lowest BCUT2D eigenvalue weighted by Gasteiger charge is -2.38. The third-order valence-electron chi connectivity index (χ3n) is 6.63. The number of anilines is 1. The fourth-order valence-electron chi connectivity index (χ4n) is 4.53. The Morgan fingerprint density at radius 1 is 1.06 bits per heavy atom. The number of furan rings is 1. The average molecular weight is 475 g/mol. The summed E-state index contributed by atoms with van der Waals surface area (Å²) in [6, 6.07) is 20.9. The zero-order valence-electron chi connectivity index (χ0n) is 19.5. The van der Waals surface area contributed by atoms with Gasteiger partial charge in [-0.1, -0.05) is 18.2 Å². The molecule has 0 spiro atoms. The summed E-state index contributed by atoms with van der Waals surface area (Å²) in [5, 5.41) is 15.0. The van der Waals surface area contributed by atoms with E-state index in [1.165, 1.54) is 12.1 Å². The number of likely N-dealkylation sites (tertiary alicyclic amines) is 1. The van der Waals surface area contributed by atoms with Gasteiger partial charge in [0.1, 0.15) is 17.1 Å². The van der Waals surface area contributed by atoms with E-state index in [1.807, 2.05) is 12.1 Å². The number of aliphatic hydroxyl groups is 1. The van der Waals surface area contributed by atoms with E-state index in [1.54, 1.807) is 55.6 Å². The number of piperidine rings is 1. The number of rotatable bonds is 6. The molecule has 35 heavy (non-hydrogen) atoms. The summed E-state index contributed by atoms with van der Waals surface area (Å²) in [7, 11) is 1.59. The number of hydrogen-bond acceptors (Lipinski definition) is 5. The van der Waals surface area contributed by atoms with E-state index in [0.29, 0.717) is 29.9 Å². The quantitative estimate of drug-likeness (QED) is 0.396. The maximum Gasteiger partial charge on any atom is 0.291 e. The van der Waals surface area contributed by atoms with Crippen LogP contribution in [0.3, 0.4) is 0 Å². The summed E-state index contributed by atoms with van der Waals surface area (Å²) >= 11 is 0. The van der Waals surface area contributed by atoms with Crippen LogP contribution < -0.4 is 10.1 Å². The Morgan fingerprint density at radius 2 is 1.77 bits per heavy atom. The van der Waals surface area contributed by atoms with E-state index >= 15 is 0 Å². The summed E-state index contributed by atoms with van der Waals surface area (Å²) in [6.07, 6.45) is 1.17. The normalized spacial score (nSPS) is 15.7. The zero-order valence-corrected chi connectivity index (χ0v) is 19.5. The number of carbonyl (C=O) groups is 1. The van der Waals surface area contributed by atoms with E-state index in [2.05, 4.69) is 10.2 Å². The number of ether oxygens (including phenoxy) is 1. The van der Waals surface area contributed by atoms with Crippen LogP contribution >= 0.6 is 0 Å². The van der Waals surface area contributed by atoms with Crippen molar-refractivity contribution >= 4 is 22.6 Å². The van der Waals surface area contributed by atoms with Gasteiger partial charge in [-0.05, 0) is 78.6 Å². The summed E-state index contributed by atoms with van der Waals surface area (Å²) < 4.78 is 24.1. The number of nitrogens with zero attached hydrogens (tertiary/aromatic N) is 1. The molecule has 0 saturated carbocycles. The fraction of sp³-hybridized carbons (Fsp3) is 0.250. The molecule has 1 aromatic heterocycles. The average Bonchev–Trinajstić information content (AvgIpc) is 3.31. The molecule has 1 aliphatic rings. The minimum absolute atomic E-state index is 0.203. The van der Waals surface area contributed by atoms with Gasteiger partial charge in [0.25, 0.3) is 5.91 Å². The van der Waals surface area contributed by atoms with Crippen LogP contribution in [0.5, 0.6) is 5.75 Å². The van der Waals surface area contributed by atoms with Crippen molar-refractivity contribution in [2.75, 3.05) is 25.5 Å². The Bertz CT molecular complexity index is 1320. The molecule has 1 aliphatic heterocycles. The molecule has 5 rings (SSSR count). The summed E-state index contributed by atoms with van der Waals surface area (Å²) in [4.78, 5) is 14.9. The van der Waals surface area contributed by atoms with Gasteiger partial charge in [0.05, 0.1) is 12.7 Å². The lowest BCUT2D eigenvalue weighted by molar-refractivity contribution is -0.0276. The molecule has 7 heteroatoms. The van der Waals surface area contributed by atoms with Crippen molar-refractivity contribution in [3.8, 4) is 5.75 Å². The first kappa shape index (κ1) is 23.1. The van der Waals surface area contributed by atoms with Gasteiger partial charge in [0.2, 0.25) is 0 Å². The number of halogens is 1. The van der Waals surface area contributed by atoms with Crippen molar-refractivity contribution in [3.05, 3.63) is 95.5 Å². The number of hydrogen-bond donors (Lipinski definition) is 2. The van der Waals surface area contributed by atoms with Gasteiger partial charge in [-0.15, -0.1) is 0 Å². The second-order valence-electron chi connectivity index (χ2n) is 8.98. The minimum atomic E-state index is -0.948. The van der Waals surface area contributed by atoms with Crippen molar-refractivity contribution in [2.24, 2.45) is 0 Å². The van der Waals surface area contributed by atoms with E-state index in [4.69, 9.17) is 9.15 Å². The third-order valence-corrected chi connectivity index (χ3v) is 6.63. The maximum atomic E-state index is 13.2. The summed E-state index contributed by atoms with van der Waals surface area (Å²) in [6.45, 7) is 2.18. The van der Waals surface area contributed by atoms with E-state index in [0.717, 1.165) is 36.1 Å². The monoisotopic (exact) mass is 474 g/mol. The van der Waals surface area contributed by atoms with Crippen LogP contribution in [-0.2, 0) is 12.1 Å². The molecule has 6 nitrogen and oxygen atoms in total. The molecule has 0 radical (unpaired) electrons. The Hall–Kier alpha value is -3.68. The second-order valence-corrected chi connectivity index (χ2v) is 8.98. The van der Waals surface area contributed by atoms with Gasteiger partial charge in [0, 0.05) is 30.7 Å². The summed E-state index contributed by atoms with van der Waals surface area (Å²) in [5.41, 5.74) is 2.15. The zero-order chi connectivity index (χ0) is 24.4. The minimum Gasteiger partial charge on any atom is -0.497 e. The van der Waals surface area contributed by atoms with Crippen molar-refractivity contribution in [2.45, 2.75) is 25.0 Å². The van der Waals surface area contributed by atoms with Gasteiger partial charge >= 0.3 is 0 Å². The van der Waals surface area contributed by atoms with Gasteiger partial charge < -0.3 is 19.6 Å². The molecule has 1 amide bonds. The standard InChI is InChI=1S/C28H27FN2O4/c1-34-24-9-7-23(8-10-24)30-27(32)26-17-20-16-21(4-11-25(20)35-26)28(33)12-14-31(15-13-28)18-19-2-5-22(29)6-3-19/h2-11,16-17,33H,12-15,18H2,1H3,(H,30,32). The van der Waals surface area contributed by atoms with Crippen LogP contribution in [0.15, 0.2) is 77.2 Å². The molecular formula is C28H27FN2O4. The highest BCUT2D eigenvalue weighted by Crippen LogP contribution is 2.35. The number of methoxy groups -OCH3 is 1. The molecule has 2 heterocycles. The van der Waals surface area contributed by atoms with Gasteiger partial charge in [0.15, 0.2) is 5.76 Å². The van der Waals surface area contributed by atoms with Gasteiger partial charge in [-0.2, -0.15) is 0 Å². The Labute approximate surface area is 202 Å². The van der Waals surface area contributed by atoms with Crippen LogP contribution in [0.1, 0.15) is 34.5 Å². The molecule has 1 saturated heterocycles. The first-order chi connectivity index (χ1) is 16.9. The number of amides is 1. The predicted octanol–water partition coefficient (Wildman–Crippen LogP) is 5.32. The lowest BCUT2D eigenvalue weighted by Crippen LogP contribution is -2.42. The maximum absolute atomic E-state index is 13.2. The largest absolute Gasteiger partial charge is 0.497 e. The van der Waals surface area contributed by atoms with Crippen LogP contribution in [-0.4, -0.2) is 36.1 Å². The number of fused-ring (bicyclic) bond motifs is 1. The van der Waals surface area contributed by atoms with E-state index in [9.17, 15) is 14.3 Å². The van der Waals surface area contributed by atoms with Crippen LogP contribution in [0.4, 0.5) is 10.1 Å². The van der Waals surface area contributed by atoms with E-state index < -0.39 is 5.60 Å². The smallest absolute Gasteiger partial charge is 0.291 e. The molecular weight excluding hydrogens is 447 g/mol. The van der Waals surface area contributed by atoms with Crippen molar-refractivity contribution in [1.29, 1.82) is 0 Å². The molecule has 0 aliphatic carbocycles. The molecule has 0 bridgehead atoms. The second kappa shape index (κ2) is 9.52. The molecule has 0 atom stereocenters. The molecule has 3 aromatic carbocycles. The molecule has 180 valence electrons. The Kier molecular flexibility index (Phi) is 6.28. The van der Waals surface area contributed by atoms with Crippen LogP contribution in [0.25, 0.3) is 11.0 Å². The fourth-order valence-corrected chi connectivity index (χ4v) is 4.53. The lowest BCUT2D eigenvalue weighted by atomic mass is 9.84. The molecule has 0 unspecified atom stereocenters. The first-order valence-electron chi connectivity index (χ1n) is 11.6. The topological polar surface area (TPSA) is 74.9 Å². The predicted molar refractivity (Wildman–Crippen MR) is 132 cm³/mol. The van der Waals surface area contributed by atoms with Gasteiger partial charge in [-0.3, -0.25) is 9.69 Å². The van der Waals surface area contributed by atoms with Crippen LogP contribution in [0, 0.1) is 5.82 Å². The third kappa shape index (κ3) is 5.06. The van der Waals surface area contributed by atoms with Crippen LogP contribution in [0.2, 0.25) is 0 Å². The Morgan fingerprint density at radius 3 is 2.46 bits per heavy atom. The van der Waals surface area contributed by atoms with Crippen molar-refractivity contribution in [3.63, 3.8) is 0 Å². The van der Waals surface area contributed by atoms with Gasteiger partial charge in [-0.25, -0.2) is 4.39 Å². The highest BCUT2D eigenvalue weighted by Gasteiger charge is 2.34. The van der Waals surface area contributed by atoms with Crippen molar-refractivity contribution in [1.82, 2.24) is 4.90 Å². The first-order valence-corrected chi connectivity index (χ1v) is 11.6. The number of carbonyl (C=O) groups excluding carboxylic acids is 1. The molecule has 4 aromatic rings. The number of benzene rings is 3. The molecule has 2 N–H and O–H groups in total. The van der Waals surface area contributed by atoms with E-state index in [-0.39, 0.29) is 17.5 Å². The SMILES string of the molecule is COc1ccc(NC(=O)c2cc3cc(C4(O)CCN(Cc5ccc(F)cc5)CC4)ccc3o2)cc1.